The number of nitro benzene ring substituents is 1. The van der Waals surface area contributed by atoms with Crippen LogP contribution in [0.25, 0.3) is 0 Å². The Balaban J connectivity index is 2.30. The second-order valence-corrected chi connectivity index (χ2v) is 4.90. The number of rotatable bonds is 3. The van der Waals surface area contributed by atoms with E-state index >= 15 is 0 Å². The SMILES string of the molecule is Cc1cc([N+](=O)[O-])ccc1Oc1ccccc1I. The van der Waals surface area contributed by atoms with E-state index in [0.717, 1.165) is 14.9 Å². The first-order valence-corrected chi connectivity index (χ1v) is 6.33. The van der Waals surface area contributed by atoms with Gasteiger partial charge in [-0.25, -0.2) is 0 Å². The predicted octanol–water partition coefficient (Wildman–Crippen LogP) is 4.30. The Kier molecular flexibility index (Phi) is 3.81. The number of nitrogens with zero attached hydrogens (tertiary/aromatic N) is 1. The third-order valence-corrected chi connectivity index (χ3v) is 3.32. The molecule has 0 saturated heterocycles. The highest BCUT2D eigenvalue weighted by atomic mass is 127. The van der Waals surface area contributed by atoms with Gasteiger partial charge in [0.2, 0.25) is 0 Å². The van der Waals surface area contributed by atoms with E-state index < -0.39 is 4.92 Å². The van der Waals surface area contributed by atoms with Crippen LogP contribution in [0.4, 0.5) is 5.69 Å². The number of halogens is 1. The number of nitro groups is 1. The van der Waals surface area contributed by atoms with Crippen LogP contribution >= 0.6 is 22.6 Å². The first kappa shape index (κ1) is 12.8. The summed E-state index contributed by atoms with van der Waals surface area (Å²) in [5.41, 5.74) is 0.812. The van der Waals surface area contributed by atoms with Gasteiger partial charge >= 0.3 is 0 Å². The van der Waals surface area contributed by atoms with Crippen molar-refractivity contribution in [3.05, 3.63) is 61.7 Å². The summed E-state index contributed by atoms with van der Waals surface area (Å²) in [6, 6.07) is 12.2. The number of benzene rings is 2. The van der Waals surface area contributed by atoms with E-state index in [1.165, 1.54) is 12.1 Å². The zero-order chi connectivity index (χ0) is 13.1. The van der Waals surface area contributed by atoms with Crippen molar-refractivity contribution in [2.75, 3.05) is 0 Å². The highest BCUT2D eigenvalue weighted by Gasteiger charge is 2.10. The fourth-order valence-electron chi connectivity index (χ4n) is 1.51. The van der Waals surface area contributed by atoms with Crippen molar-refractivity contribution in [3.63, 3.8) is 0 Å². The lowest BCUT2D eigenvalue weighted by Gasteiger charge is -2.09. The maximum Gasteiger partial charge on any atom is 0.269 e. The van der Waals surface area contributed by atoms with E-state index in [9.17, 15) is 10.1 Å². The molecule has 4 nitrogen and oxygen atoms in total. The van der Waals surface area contributed by atoms with Crippen LogP contribution in [0.3, 0.4) is 0 Å². The normalized spacial score (nSPS) is 10.1. The molecular formula is C13H10INO3. The van der Waals surface area contributed by atoms with E-state index in [-0.39, 0.29) is 5.69 Å². The van der Waals surface area contributed by atoms with Crippen LogP contribution in [-0.4, -0.2) is 4.92 Å². The fraction of sp³-hybridized carbons (Fsp3) is 0.0769. The molecule has 0 atom stereocenters. The van der Waals surface area contributed by atoms with Crippen molar-refractivity contribution in [1.29, 1.82) is 0 Å². The number of aryl methyl sites for hydroxylation is 1. The third-order valence-electron chi connectivity index (χ3n) is 2.43. The topological polar surface area (TPSA) is 52.4 Å². The number of non-ortho nitro benzene ring substituents is 1. The zero-order valence-corrected chi connectivity index (χ0v) is 11.7. The van der Waals surface area contributed by atoms with Gasteiger partial charge in [-0.3, -0.25) is 10.1 Å². The fourth-order valence-corrected chi connectivity index (χ4v) is 2.01. The van der Waals surface area contributed by atoms with Gasteiger partial charge in [-0.1, -0.05) is 12.1 Å². The molecule has 5 heteroatoms. The average molecular weight is 355 g/mol. The molecule has 0 saturated carbocycles. The molecule has 0 fully saturated rings. The Bertz CT molecular complexity index is 599. The minimum atomic E-state index is -0.414. The summed E-state index contributed by atoms with van der Waals surface area (Å²) in [7, 11) is 0. The highest BCUT2D eigenvalue weighted by molar-refractivity contribution is 14.1. The number of hydrogen-bond donors (Lipinski definition) is 0. The first-order valence-electron chi connectivity index (χ1n) is 5.25. The largest absolute Gasteiger partial charge is 0.456 e. The summed E-state index contributed by atoms with van der Waals surface area (Å²) < 4.78 is 6.74. The summed E-state index contributed by atoms with van der Waals surface area (Å²) in [5, 5.41) is 10.6. The molecule has 0 spiro atoms. The van der Waals surface area contributed by atoms with E-state index in [2.05, 4.69) is 22.6 Å². The molecular weight excluding hydrogens is 345 g/mol. The van der Waals surface area contributed by atoms with Gasteiger partial charge in [-0.15, -0.1) is 0 Å². The van der Waals surface area contributed by atoms with Crippen molar-refractivity contribution in [2.45, 2.75) is 6.92 Å². The van der Waals surface area contributed by atoms with Crippen LogP contribution in [0.2, 0.25) is 0 Å². The maximum atomic E-state index is 10.6. The molecule has 0 N–H and O–H groups in total. The molecule has 0 aromatic heterocycles. The van der Waals surface area contributed by atoms with Crippen molar-refractivity contribution < 1.29 is 9.66 Å². The van der Waals surface area contributed by atoms with Gasteiger partial charge in [0.05, 0.1) is 8.49 Å². The molecule has 2 aromatic rings. The Labute approximate surface area is 118 Å². The van der Waals surface area contributed by atoms with Gasteiger partial charge in [0.25, 0.3) is 5.69 Å². The minimum Gasteiger partial charge on any atom is -0.456 e. The second-order valence-electron chi connectivity index (χ2n) is 3.74. The van der Waals surface area contributed by atoms with Crippen LogP contribution in [-0.2, 0) is 0 Å². The molecule has 0 bridgehead atoms. The van der Waals surface area contributed by atoms with Gasteiger partial charge in [0.1, 0.15) is 11.5 Å². The Morgan fingerprint density at radius 3 is 2.50 bits per heavy atom. The van der Waals surface area contributed by atoms with Crippen LogP contribution < -0.4 is 4.74 Å². The number of ether oxygens (including phenoxy) is 1. The van der Waals surface area contributed by atoms with Gasteiger partial charge < -0.3 is 4.74 Å². The lowest BCUT2D eigenvalue weighted by atomic mass is 10.2. The summed E-state index contributed by atoms with van der Waals surface area (Å²) in [4.78, 5) is 10.2. The van der Waals surface area contributed by atoms with E-state index in [4.69, 9.17) is 4.74 Å². The lowest BCUT2D eigenvalue weighted by Crippen LogP contribution is -1.92. The standard InChI is InChI=1S/C13H10INO3/c1-9-8-10(15(16)17)6-7-12(9)18-13-5-3-2-4-11(13)14/h2-8H,1H3. The molecule has 2 rings (SSSR count). The van der Waals surface area contributed by atoms with Gasteiger partial charge in [0.15, 0.2) is 0 Å². The summed E-state index contributed by atoms with van der Waals surface area (Å²) >= 11 is 2.18. The number of para-hydroxylation sites is 1. The van der Waals surface area contributed by atoms with E-state index in [1.807, 2.05) is 24.3 Å². The molecule has 2 aromatic carbocycles. The predicted molar refractivity (Wildman–Crippen MR) is 77.1 cm³/mol. The van der Waals surface area contributed by atoms with E-state index in [1.54, 1.807) is 13.0 Å². The van der Waals surface area contributed by atoms with Gasteiger partial charge in [0, 0.05) is 12.1 Å². The van der Waals surface area contributed by atoms with Gasteiger partial charge in [-0.05, 0) is 53.3 Å². The van der Waals surface area contributed by atoms with Crippen LogP contribution in [0.1, 0.15) is 5.56 Å². The molecule has 0 aliphatic carbocycles. The molecule has 0 radical (unpaired) electrons. The van der Waals surface area contributed by atoms with Crippen molar-refractivity contribution in [3.8, 4) is 11.5 Å². The molecule has 0 unspecified atom stereocenters. The van der Waals surface area contributed by atoms with E-state index in [0.29, 0.717) is 5.75 Å². The smallest absolute Gasteiger partial charge is 0.269 e. The average Bonchev–Trinajstić information content (AvgIpc) is 2.34. The van der Waals surface area contributed by atoms with Crippen molar-refractivity contribution in [1.82, 2.24) is 0 Å². The summed E-state index contributed by atoms with van der Waals surface area (Å²) in [6.07, 6.45) is 0. The Morgan fingerprint density at radius 2 is 1.89 bits per heavy atom. The summed E-state index contributed by atoms with van der Waals surface area (Å²) in [5.74, 6) is 1.37. The molecule has 0 aliphatic heterocycles. The Morgan fingerprint density at radius 1 is 1.17 bits per heavy atom. The number of hydrogen-bond acceptors (Lipinski definition) is 3. The highest BCUT2D eigenvalue weighted by Crippen LogP contribution is 2.30. The van der Waals surface area contributed by atoms with Gasteiger partial charge in [-0.2, -0.15) is 0 Å². The van der Waals surface area contributed by atoms with Crippen LogP contribution in [0, 0.1) is 20.6 Å². The van der Waals surface area contributed by atoms with Crippen molar-refractivity contribution >= 4 is 28.3 Å². The Hall–Kier alpha value is -1.63. The minimum absolute atomic E-state index is 0.0719. The zero-order valence-electron chi connectivity index (χ0n) is 9.59. The molecule has 92 valence electrons. The summed E-state index contributed by atoms with van der Waals surface area (Å²) in [6.45, 7) is 1.79. The third kappa shape index (κ3) is 2.79. The lowest BCUT2D eigenvalue weighted by molar-refractivity contribution is -0.384. The van der Waals surface area contributed by atoms with Crippen molar-refractivity contribution in [2.24, 2.45) is 0 Å². The molecule has 0 aliphatic rings. The van der Waals surface area contributed by atoms with Crippen LogP contribution in [0.15, 0.2) is 42.5 Å². The second kappa shape index (κ2) is 5.34. The maximum absolute atomic E-state index is 10.6. The first-order chi connectivity index (χ1) is 8.58. The quantitative estimate of drug-likeness (QED) is 0.469. The molecule has 0 heterocycles. The van der Waals surface area contributed by atoms with Crippen LogP contribution in [0.5, 0.6) is 11.5 Å². The molecule has 18 heavy (non-hydrogen) atoms. The molecule has 0 amide bonds. The monoisotopic (exact) mass is 355 g/mol.